The minimum absolute atomic E-state index is 0.0522. The van der Waals surface area contributed by atoms with Crippen molar-refractivity contribution >= 4 is 23.3 Å². The average molecular weight is 284 g/mol. The van der Waals surface area contributed by atoms with Gasteiger partial charge in [0.1, 0.15) is 5.02 Å². The van der Waals surface area contributed by atoms with Gasteiger partial charge >= 0.3 is 5.97 Å². The van der Waals surface area contributed by atoms with Crippen LogP contribution in [0.15, 0.2) is 24.4 Å². The number of aromatic nitrogens is 2. The number of nitro benzene ring substituents is 1. The van der Waals surface area contributed by atoms with Crippen molar-refractivity contribution in [1.29, 1.82) is 0 Å². The van der Waals surface area contributed by atoms with Crippen LogP contribution in [0.25, 0.3) is 5.69 Å². The summed E-state index contributed by atoms with van der Waals surface area (Å²) in [6, 6.07) is 3.82. The first kappa shape index (κ1) is 12.8. The van der Waals surface area contributed by atoms with Gasteiger partial charge in [0, 0.05) is 6.07 Å². The molecule has 0 aliphatic carbocycles. The first-order valence-electron chi connectivity index (χ1n) is 4.86. The van der Waals surface area contributed by atoms with E-state index in [1.54, 1.807) is 0 Å². The van der Waals surface area contributed by atoms with E-state index in [1.807, 2.05) is 0 Å². The molecule has 8 nitrogen and oxygen atoms in total. The molecule has 1 aromatic heterocycles. The molecule has 2 N–H and O–H groups in total. The van der Waals surface area contributed by atoms with Crippen molar-refractivity contribution in [3.8, 4) is 11.4 Å². The van der Waals surface area contributed by atoms with Gasteiger partial charge in [0.25, 0.3) is 5.69 Å². The van der Waals surface area contributed by atoms with Gasteiger partial charge in [-0.15, -0.1) is 0 Å². The van der Waals surface area contributed by atoms with Crippen LogP contribution in [0.1, 0.15) is 10.5 Å². The quantitative estimate of drug-likeness (QED) is 0.655. The third-order valence-electron chi connectivity index (χ3n) is 2.29. The Bertz CT molecular complexity index is 682. The van der Waals surface area contributed by atoms with Gasteiger partial charge in [0.2, 0.25) is 5.69 Å². The minimum Gasteiger partial charge on any atom is -0.504 e. The summed E-state index contributed by atoms with van der Waals surface area (Å²) >= 11 is 5.65. The fourth-order valence-electron chi connectivity index (χ4n) is 1.43. The molecule has 0 aliphatic heterocycles. The van der Waals surface area contributed by atoms with Gasteiger partial charge in [-0.25, -0.2) is 9.48 Å². The lowest BCUT2D eigenvalue weighted by atomic mass is 10.3. The second-order valence-electron chi connectivity index (χ2n) is 3.51. The standard InChI is InChI=1S/C10H6ClN3O5/c11-6-2-1-5(3-7(6)14(18)19)13-4-8(15)9(12-13)10(16)17/h1-4,15H,(H,16,17). The van der Waals surface area contributed by atoms with E-state index in [4.69, 9.17) is 16.7 Å². The Kier molecular flexibility index (Phi) is 3.09. The van der Waals surface area contributed by atoms with Gasteiger partial charge in [-0.2, -0.15) is 5.10 Å². The lowest BCUT2D eigenvalue weighted by molar-refractivity contribution is -0.384. The number of nitro groups is 1. The Labute approximate surface area is 110 Å². The molecule has 2 rings (SSSR count). The molecule has 19 heavy (non-hydrogen) atoms. The summed E-state index contributed by atoms with van der Waals surface area (Å²) in [5.41, 5.74) is -0.678. The zero-order valence-corrected chi connectivity index (χ0v) is 9.90. The molecule has 0 radical (unpaired) electrons. The van der Waals surface area contributed by atoms with Gasteiger partial charge in [0.05, 0.1) is 16.8 Å². The number of carboxylic acids is 1. The van der Waals surface area contributed by atoms with Crippen LogP contribution < -0.4 is 0 Å². The Hall–Kier alpha value is -2.61. The fraction of sp³-hybridized carbons (Fsp3) is 0. The molecular weight excluding hydrogens is 278 g/mol. The number of hydrogen-bond donors (Lipinski definition) is 2. The first-order valence-corrected chi connectivity index (χ1v) is 5.24. The summed E-state index contributed by atoms with van der Waals surface area (Å²) in [5.74, 6) is -1.94. The molecule has 1 aromatic carbocycles. The largest absolute Gasteiger partial charge is 0.504 e. The van der Waals surface area contributed by atoms with Crippen molar-refractivity contribution in [2.45, 2.75) is 0 Å². The van der Waals surface area contributed by atoms with Gasteiger partial charge in [-0.05, 0) is 12.1 Å². The molecule has 0 amide bonds. The van der Waals surface area contributed by atoms with Crippen molar-refractivity contribution in [3.63, 3.8) is 0 Å². The van der Waals surface area contributed by atoms with E-state index in [-0.39, 0.29) is 16.4 Å². The number of aromatic carboxylic acids is 1. The molecule has 0 aliphatic rings. The molecular formula is C10H6ClN3O5. The molecule has 0 atom stereocenters. The SMILES string of the molecule is O=C(O)c1nn(-c2ccc(Cl)c([N+](=O)[O-])c2)cc1O. The zero-order chi connectivity index (χ0) is 14.2. The Morgan fingerprint density at radius 3 is 2.68 bits per heavy atom. The number of benzene rings is 1. The van der Waals surface area contributed by atoms with Crippen LogP contribution in [0.5, 0.6) is 5.75 Å². The number of halogens is 1. The monoisotopic (exact) mass is 283 g/mol. The third kappa shape index (κ3) is 2.33. The maximum absolute atomic E-state index is 10.7. The van der Waals surface area contributed by atoms with E-state index < -0.39 is 22.3 Å². The van der Waals surface area contributed by atoms with Gasteiger partial charge in [-0.1, -0.05) is 11.6 Å². The lowest BCUT2D eigenvalue weighted by Gasteiger charge is -2.01. The highest BCUT2D eigenvalue weighted by Gasteiger charge is 2.18. The van der Waals surface area contributed by atoms with Crippen LogP contribution in [0, 0.1) is 10.1 Å². The summed E-state index contributed by atoms with van der Waals surface area (Å²) in [6.07, 6.45) is 1.04. The van der Waals surface area contributed by atoms with Crippen molar-refractivity contribution < 1.29 is 19.9 Å². The molecule has 9 heteroatoms. The van der Waals surface area contributed by atoms with Crippen LogP contribution in [-0.4, -0.2) is 30.9 Å². The van der Waals surface area contributed by atoms with E-state index in [0.29, 0.717) is 0 Å². The highest BCUT2D eigenvalue weighted by atomic mass is 35.5. The van der Waals surface area contributed by atoms with Crippen molar-refractivity contribution in [3.05, 3.63) is 45.2 Å². The molecule has 0 spiro atoms. The number of aromatic hydroxyl groups is 1. The van der Waals surface area contributed by atoms with Gasteiger partial charge in [-0.3, -0.25) is 10.1 Å². The fourth-order valence-corrected chi connectivity index (χ4v) is 1.62. The molecule has 0 unspecified atom stereocenters. The Morgan fingerprint density at radius 2 is 2.16 bits per heavy atom. The number of carbonyl (C=O) groups is 1. The third-order valence-corrected chi connectivity index (χ3v) is 2.61. The summed E-state index contributed by atoms with van der Waals surface area (Å²) in [6.45, 7) is 0. The number of carboxylic acid groups (broad SMARTS) is 1. The Balaban J connectivity index is 2.53. The summed E-state index contributed by atoms with van der Waals surface area (Å²) in [4.78, 5) is 20.8. The van der Waals surface area contributed by atoms with E-state index in [2.05, 4.69) is 5.10 Å². The molecule has 2 aromatic rings. The van der Waals surface area contributed by atoms with Crippen LogP contribution >= 0.6 is 11.6 Å². The molecule has 98 valence electrons. The van der Waals surface area contributed by atoms with E-state index in [1.165, 1.54) is 12.1 Å². The minimum atomic E-state index is -1.40. The first-order chi connectivity index (χ1) is 8.90. The normalized spacial score (nSPS) is 10.4. The number of nitrogens with zero attached hydrogens (tertiary/aromatic N) is 3. The van der Waals surface area contributed by atoms with E-state index in [9.17, 15) is 20.0 Å². The Morgan fingerprint density at radius 1 is 1.47 bits per heavy atom. The summed E-state index contributed by atoms with van der Waals surface area (Å²) in [5, 5.41) is 32.4. The van der Waals surface area contributed by atoms with Crippen LogP contribution in [-0.2, 0) is 0 Å². The number of rotatable bonds is 3. The molecule has 0 saturated carbocycles. The smallest absolute Gasteiger partial charge is 0.360 e. The number of hydrogen-bond acceptors (Lipinski definition) is 5. The van der Waals surface area contributed by atoms with Crippen molar-refractivity contribution in [2.75, 3.05) is 0 Å². The van der Waals surface area contributed by atoms with Crippen molar-refractivity contribution in [2.24, 2.45) is 0 Å². The maximum Gasteiger partial charge on any atom is 0.360 e. The van der Waals surface area contributed by atoms with Gasteiger partial charge in [0.15, 0.2) is 5.75 Å². The topological polar surface area (TPSA) is 118 Å². The summed E-state index contributed by atoms with van der Waals surface area (Å²) in [7, 11) is 0. The zero-order valence-electron chi connectivity index (χ0n) is 9.15. The predicted molar refractivity (Wildman–Crippen MR) is 63.9 cm³/mol. The van der Waals surface area contributed by atoms with E-state index >= 15 is 0 Å². The van der Waals surface area contributed by atoms with Crippen LogP contribution in [0.3, 0.4) is 0 Å². The molecule has 0 fully saturated rings. The predicted octanol–water partition coefficient (Wildman–Crippen LogP) is 1.84. The lowest BCUT2D eigenvalue weighted by Crippen LogP contribution is -2.01. The highest BCUT2D eigenvalue weighted by molar-refractivity contribution is 6.32. The molecule has 0 saturated heterocycles. The molecule has 0 bridgehead atoms. The highest BCUT2D eigenvalue weighted by Crippen LogP contribution is 2.27. The van der Waals surface area contributed by atoms with E-state index in [0.717, 1.165) is 16.9 Å². The van der Waals surface area contributed by atoms with Crippen LogP contribution in [0.4, 0.5) is 5.69 Å². The van der Waals surface area contributed by atoms with Crippen LogP contribution in [0.2, 0.25) is 5.02 Å². The van der Waals surface area contributed by atoms with Gasteiger partial charge < -0.3 is 10.2 Å². The second kappa shape index (κ2) is 4.58. The maximum atomic E-state index is 10.7. The molecule has 1 heterocycles. The van der Waals surface area contributed by atoms with Crippen molar-refractivity contribution in [1.82, 2.24) is 9.78 Å². The summed E-state index contributed by atoms with van der Waals surface area (Å²) < 4.78 is 1.02. The average Bonchev–Trinajstić information content (AvgIpc) is 2.71. The second-order valence-corrected chi connectivity index (χ2v) is 3.91.